The maximum absolute atomic E-state index is 13.0. The lowest BCUT2D eigenvalue weighted by atomic mass is 10.1. The zero-order chi connectivity index (χ0) is 15.0. The molecule has 0 fully saturated rings. The van der Waals surface area contributed by atoms with Gasteiger partial charge in [-0.3, -0.25) is 4.79 Å². The molecule has 108 valence electrons. The Morgan fingerprint density at radius 1 is 1.33 bits per heavy atom. The molecule has 1 N–H and O–H groups in total. The highest BCUT2D eigenvalue weighted by Gasteiger charge is 2.28. The molecule has 1 atom stereocenters. The summed E-state index contributed by atoms with van der Waals surface area (Å²) < 4.78 is 13.0. The van der Waals surface area contributed by atoms with Gasteiger partial charge in [0.05, 0.1) is 16.0 Å². The van der Waals surface area contributed by atoms with Gasteiger partial charge in [0.1, 0.15) is 5.82 Å². The number of carbonyl (C=O) groups excluding carboxylic acids is 1. The lowest BCUT2D eigenvalue weighted by Gasteiger charge is -2.11. The Morgan fingerprint density at radius 3 is 2.90 bits per heavy atom. The van der Waals surface area contributed by atoms with Crippen molar-refractivity contribution in [3.05, 3.63) is 58.4 Å². The van der Waals surface area contributed by atoms with E-state index in [9.17, 15) is 9.18 Å². The third-order valence-corrected chi connectivity index (χ3v) is 4.99. The van der Waals surface area contributed by atoms with Crippen LogP contribution in [0.3, 0.4) is 0 Å². The highest BCUT2D eigenvalue weighted by Crippen LogP contribution is 2.38. The van der Waals surface area contributed by atoms with E-state index in [4.69, 9.17) is 11.6 Å². The van der Waals surface area contributed by atoms with Crippen LogP contribution < -0.4 is 5.32 Å². The topological polar surface area (TPSA) is 29.1 Å². The smallest absolute Gasteiger partial charge is 0.238 e. The summed E-state index contributed by atoms with van der Waals surface area (Å²) in [5, 5.41) is 2.80. The van der Waals surface area contributed by atoms with Crippen LogP contribution in [0.15, 0.2) is 41.3 Å². The zero-order valence-electron chi connectivity index (χ0n) is 11.3. The Hall–Kier alpha value is -1.52. The predicted octanol–water partition coefficient (Wildman–Crippen LogP) is 4.44. The second kappa shape index (κ2) is 5.70. The van der Waals surface area contributed by atoms with E-state index in [0.717, 1.165) is 4.90 Å². The first kappa shape index (κ1) is 14.4. The molecule has 21 heavy (non-hydrogen) atoms. The van der Waals surface area contributed by atoms with Gasteiger partial charge in [0.25, 0.3) is 0 Å². The molecule has 1 heterocycles. The number of amides is 1. The number of nitrogens with one attached hydrogen (secondary N) is 1. The van der Waals surface area contributed by atoms with Crippen molar-refractivity contribution in [3.63, 3.8) is 0 Å². The van der Waals surface area contributed by atoms with Gasteiger partial charge in [-0.05, 0) is 43.2 Å². The second-order valence-electron chi connectivity index (χ2n) is 5.04. The molecule has 0 aromatic heterocycles. The summed E-state index contributed by atoms with van der Waals surface area (Å²) in [7, 11) is 0. The SMILES string of the molecule is Cc1ccc2c(c1)S[C@H](C(=O)Nc1ccc(F)cc1Cl)C2. The number of aryl methyl sites for hydroxylation is 1. The van der Waals surface area contributed by atoms with E-state index < -0.39 is 5.82 Å². The largest absolute Gasteiger partial charge is 0.324 e. The molecule has 1 aliphatic rings. The fraction of sp³-hybridized carbons (Fsp3) is 0.188. The fourth-order valence-electron chi connectivity index (χ4n) is 2.29. The first-order chi connectivity index (χ1) is 10.0. The third kappa shape index (κ3) is 3.06. The summed E-state index contributed by atoms with van der Waals surface area (Å²) in [5.41, 5.74) is 2.82. The van der Waals surface area contributed by atoms with Crippen LogP contribution in [0.25, 0.3) is 0 Å². The summed E-state index contributed by atoms with van der Waals surface area (Å²) >= 11 is 7.49. The standard InChI is InChI=1S/C16H13ClFNOS/c1-9-2-3-10-7-15(21-14(10)6-9)16(20)19-13-5-4-11(18)8-12(13)17/h2-6,8,15H,7H2,1H3,(H,19,20)/t15-/m0/s1. The van der Waals surface area contributed by atoms with Gasteiger partial charge < -0.3 is 5.32 Å². The van der Waals surface area contributed by atoms with E-state index >= 15 is 0 Å². The molecule has 3 rings (SSSR count). The van der Waals surface area contributed by atoms with Crippen molar-refractivity contribution in [2.24, 2.45) is 0 Å². The molecule has 1 aliphatic heterocycles. The molecular formula is C16H13ClFNOS. The van der Waals surface area contributed by atoms with Gasteiger partial charge in [0.15, 0.2) is 0 Å². The molecule has 0 aliphatic carbocycles. The van der Waals surface area contributed by atoms with Crippen molar-refractivity contribution < 1.29 is 9.18 Å². The first-order valence-corrected chi connectivity index (χ1v) is 7.81. The van der Waals surface area contributed by atoms with Crippen LogP contribution in [0.4, 0.5) is 10.1 Å². The maximum atomic E-state index is 13.0. The van der Waals surface area contributed by atoms with Crippen LogP contribution in [0.5, 0.6) is 0 Å². The van der Waals surface area contributed by atoms with Crippen molar-refractivity contribution in [1.82, 2.24) is 0 Å². The lowest BCUT2D eigenvalue weighted by molar-refractivity contribution is -0.115. The average molecular weight is 322 g/mol. The summed E-state index contributed by atoms with van der Waals surface area (Å²) in [5.74, 6) is -0.529. The average Bonchev–Trinajstić information content (AvgIpc) is 2.85. The van der Waals surface area contributed by atoms with Crippen LogP contribution >= 0.6 is 23.4 Å². The number of rotatable bonds is 2. The van der Waals surface area contributed by atoms with E-state index in [0.29, 0.717) is 12.1 Å². The van der Waals surface area contributed by atoms with Crippen molar-refractivity contribution in [1.29, 1.82) is 0 Å². The van der Waals surface area contributed by atoms with E-state index in [1.165, 1.54) is 29.3 Å². The predicted molar refractivity (Wildman–Crippen MR) is 84.6 cm³/mol. The molecule has 2 aromatic rings. The summed E-state index contributed by atoms with van der Waals surface area (Å²) in [6, 6.07) is 10.2. The maximum Gasteiger partial charge on any atom is 0.238 e. The molecule has 0 radical (unpaired) electrons. The minimum atomic E-state index is -0.420. The van der Waals surface area contributed by atoms with Crippen LogP contribution in [0.1, 0.15) is 11.1 Å². The van der Waals surface area contributed by atoms with E-state index in [1.54, 1.807) is 11.8 Å². The Morgan fingerprint density at radius 2 is 2.14 bits per heavy atom. The van der Waals surface area contributed by atoms with E-state index in [1.807, 2.05) is 6.92 Å². The van der Waals surface area contributed by atoms with E-state index in [2.05, 4.69) is 23.5 Å². The van der Waals surface area contributed by atoms with Gasteiger partial charge in [0.2, 0.25) is 5.91 Å². The van der Waals surface area contributed by atoms with Crippen LogP contribution in [0, 0.1) is 12.7 Å². The van der Waals surface area contributed by atoms with Gasteiger partial charge in [-0.1, -0.05) is 29.3 Å². The quantitative estimate of drug-likeness (QED) is 0.885. The first-order valence-electron chi connectivity index (χ1n) is 6.55. The van der Waals surface area contributed by atoms with Gasteiger partial charge in [-0.2, -0.15) is 0 Å². The van der Waals surface area contributed by atoms with Crippen molar-refractivity contribution in [2.75, 3.05) is 5.32 Å². The highest BCUT2D eigenvalue weighted by molar-refractivity contribution is 8.01. The number of hydrogen-bond donors (Lipinski definition) is 1. The number of halogens is 2. The van der Waals surface area contributed by atoms with Crippen molar-refractivity contribution in [2.45, 2.75) is 23.5 Å². The molecule has 5 heteroatoms. The number of carbonyl (C=O) groups is 1. The van der Waals surface area contributed by atoms with Crippen LogP contribution in [0.2, 0.25) is 5.02 Å². The van der Waals surface area contributed by atoms with Gasteiger partial charge in [-0.25, -0.2) is 4.39 Å². The molecular weight excluding hydrogens is 309 g/mol. The van der Waals surface area contributed by atoms with Crippen LogP contribution in [-0.2, 0) is 11.2 Å². The molecule has 0 bridgehead atoms. The normalized spacial score (nSPS) is 16.6. The van der Waals surface area contributed by atoms with Gasteiger partial charge in [-0.15, -0.1) is 11.8 Å². The Kier molecular flexibility index (Phi) is 3.91. The zero-order valence-corrected chi connectivity index (χ0v) is 12.9. The second-order valence-corrected chi connectivity index (χ2v) is 6.69. The minimum Gasteiger partial charge on any atom is -0.324 e. The summed E-state index contributed by atoms with van der Waals surface area (Å²) in [6.07, 6.45) is 0.699. The third-order valence-electron chi connectivity index (χ3n) is 3.38. The summed E-state index contributed by atoms with van der Waals surface area (Å²) in [6.45, 7) is 2.03. The minimum absolute atomic E-state index is 0.109. The molecule has 2 nitrogen and oxygen atoms in total. The van der Waals surface area contributed by atoms with E-state index in [-0.39, 0.29) is 16.2 Å². The van der Waals surface area contributed by atoms with Crippen molar-refractivity contribution in [3.8, 4) is 0 Å². The molecule has 1 amide bonds. The van der Waals surface area contributed by atoms with Crippen molar-refractivity contribution >= 4 is 35.0 Å². The number of hydrogen-bond acceptors (Lipinski definition) is 2. The Balaban J connectivity index is 1.73. The number of anilines is 1. The molecule has 2 aromatic carbocycles. The number of benzene rings is 2. The monoisotopic (exact) mass is 321 g/mol. The molecule has 0 unspecified atom stereocenters. The number of fused-ring (bicyclic) bond motifs is 1. The fourth-order valence-corrected chi connectivity index (χ4v) is 3.79. The van der Waals surface area contributed by atoms with Gasteiger partial charge >= 0.3 is 0 Å². The van der Waals surface area contributed by atoms with Crippen LogP contribution in [-0.4, -0.2) is 11.2 Å². The highest BCUT2D eigenvalue weighted by atomic mass is 35.5. The Labute approximate surface area is 131 Å². The van der Waals surface area contributed by atoms with Gasteiger partial charge in [0, 0.05) is 4.90 Å². The number of thioether (sulfide) groups is 1. The molecule has 0 saturated heterocycles. The Bertz CT molecular complexity index is 719. The molecule has 0 saturated carbocycles. The lowest BCUT2D eigenvalue weighted by Crippen LogP contribution is -2.24. The molecule has 0 spiro atoms. The summed E-state index contributed by atoms with van der Waals surface area (Å²) in [4.78, 5) is 13.5.